The van der Waals surface area contributed by atoms with Crippen LogP contribution in [0.25, 0.3) is 11.3 Å². The van der Waals surface area contributed by atoms with Crippen molar-refractivity contribution in [1.29, 1.82) is 0 Å². The van der Waals surface area contributed by atoms with Crippen LogP contribution < -0.4 is 9.47 Å². The maximum Gasteiger partial charge on any atom is 0.125 e. The Morgan fingerprint density at radius 2 is 1.92 bits per heavy atom. The molecule has 4 nitrogen and oxygen atoms in total. The van der Waals surface area contributed by atoms with Crippen molar-refractivity contribution in [2.75, 3.05) is 7.11 Å². The number of benzene rings is 2. The van der Waals surface area contributed by atoms with E-state index in [1.165, 1.54) is 18.4 Å². The average molecular weight is 334 g/mol. The van der Waals surface area contributed by atoms with Gasteiger partial charge in [-0.3, -0.25) is 4.68 Å². The molecule has 3 aromatic rings. The van der Waals surface area contributed by atoms with Gasteiger partial charge in [-0.1, -0.05) is 18.2 Å². The molecule has 0 spiro atoms. The topological polar surface area (TPSA) is 36.3 Å². The summed E-state index contributed by atoms with van der Waals surface area (Å²) in [6.07, 6.45) is 4.44. The predicted octanol–water partition coefficient (Wildman–Crippen LogP) is 4.55. The quantitative estimate of drug-likeness (QED) is 0.663. The Balaban J connectivity index is 1.59. The van der Waals surface area contributed by atoms with E-state index < -0.39 is 0 Å². The molecule has 1 aliphatic rings. The van der Waals surface area contributed by atoms with Gasteiger partial charge in [0.1, 0.15) is 18.1 Å². The van der Waals surface area contributed by atoms with E-state index in [-0.39, 0.29) is 0 Å². The molecule has 1 aliphatic carbocycles. The van der Waals surface area contributed by atoms with E-state index in [9.17, 15) is 0 Å². The largest absolute Gasteiger partial charge is 0.496 e. The van der Waals surface area contributed by atoms with E-state index in [0.717, 1.165) is 28.3 Å². The van der Waals surface area contributed by atoms with Gasteiger partial charge in [0, 0.05) is 24.4 Å². The van der Waals surface area contributed by atoms with Crippen LogP contribution in [0.2, 0.25) is 0 Å². The molecule has 4 heteroatoms. The molecule has 0 bridgehead atoms. The van der Waals surface area contributed by atoms with Crippen molar-refractivity contribution in [2.24, 2.45) is 7.05 Å². The molecule has 2 aromatic carbocycles. The molecule has 1 heterocycles. The Bertz CT molecular complexity index is 881. The number of nitrogens with zero attached hydrogens (tertiary/aromatic N) is 2. The number of hydrogen-bond donors (Lipinski definition) is 0. The van der Waals surface area contributed by atoms with Gasteiger partial charge in [0.15, 0.2) is 0 Å². The third kappa shape index (κ3) is 3.38. The highest BCUT2D eigenvalue weighted by atomic mass is 16.5. The van der Waals surface area contributed by atoms with Gasteiger partial charge in [0.25, 0.3) is 0 Å². The molecule has 4 rings (SSSR count). The maximum atomic E-state index is 6.16. The van der Waals surface area contributed by atoms with Crippen molar-refractivity contribution >= 4 is 0 Å². The highest BCUT2D eigenvalue weighted by molar-refractivity contribution is 5.62. The molecular weight excluding hydrogens is 312 g/mol. The monoisotopic (exact) mass is 334 g/mol. The molecule has 25 heavy (non-hydrogen) atoms. The number of ether oxygens (including phenoxy) is 2. The number of aryl methyl sites for hydroxylation is 1. The third-order valence-corrected chi connectivity index (χ3v) is 4.61. The molecule has 0 N–H and O–H groups in total. The summed E-state index contributed by atoms with van der Waals surface area (Å²) in [4.78, 5) is 0. The molecule has 128 valence electrons. The SMILES string of the molecule is COc1ccccc1COc1ccc(-c2ccn(C)n2)cc1C1CC1. The minimum atomic E-state index is 0.507. The van der Waals surface area contributed by atoms with Crippen molar-refractivity contribution in [1.82, 2.24) is 9.78 Å². The number of aromatic nitrogens is 2. The van der Waals surface area contributed by atoms with Gasteiger partial charge in [0.2, 0.25) is 0 Å². The molecule has 1 aromatic heterocycles. The summed E-state index contributed by atoms with van der Waals surface area (Å²) in [5.41, 5.74) is 4.49. The van der Waals surface area contributed by atoms with E-state index >= 15 is 0 Å². The number of rotatable bonds is 6. The Labute approximate surface area is 148 Å². The first kappa shape index (κ1) is 15.8. The zero-order valence-corrected chi connectivity index (χ0v) is 14.6. The summed E-state index contributed by atoms with van der Waals surface area (Å²) in [7, 11) is 3.63. The second-order valence-corrected chi connectivity index (χ2v) is 6.50. The van der Waals surface area contributed by atoms with Crippen molar-refractivity contribution in [3.63, 3.8) is 0 Å². The van der Waals surface area contributed by atoms with Crippen LogP contribution in [0.1, 0.15) is 29.9 Å². The van der Waals surface area contributed by atoms with Crippen LogP contribution >= 0.6 is 0 Å². The molecule has 0 radical (unpaired) electrons. The molecule has 0 atom stereocenters. The summed E-state index contributed by atoms with van der Waals surface area (Å²) in [5, 5.41) is 4.51. The highest BCUT2D eigenvalue weighted by Gasteiger charge is 2.27. The van der Waals surface area contributed by atoms with Crippen LogP contribution in [0.5, 0.6) is 11.5 Å². The van der Waals surface area contributed by atoms with Gasteiger partial charge >= 0.3 is 0 Å². The van der Waals surface area contributed by atoms with Gasteiger partial charge in [-0.05, 0) is 54.7 Å². The van der Waals surface area contributed by atoms with Crippen molar-refractivity contribution in [3.8, 4) is 22.8 Å². The summed E-state index contributed by atoms with van der Waals surface area (Å²) >= 11 is 0. The van der Waals surface area contributed by atoms with E-state index in [0.29, 0.717) is 12.5 Å². The van der Waals surface area contributed by atoms with Gasteiger partial charge < -0.3 is 9.47 Å². The van der Waals surface area contributed by atoms with Crippen LogP contribution in [0.4, 0.5) is 0 Å². The van der Waals surface area contributed by atoms with Gasteiger partial charge in [-0.15, -0.1) is 0 Å². The van der Waals surface area contributed by atoms with E-state index in [1.54, 1.807) is 7.11 Å². The first-order chi connectivity index (χ1) is 12.2. The first-order valence-electron chi connectivity index (χ1n) is 8.63. The Hall–Kier alpha value is -2.75. The lowest BCUT2D eigenvalue weighted by molar-refractivity contribution is 0.294. The number of hydrogen-bond acceptors (Lipinski definition) is 3. The van der Waals surface area contributed by atoms with Crippen molar-refractivity contribution in [3.05, 3.63) is 65.9 Å². The van der Waals surface area contributed by atoms with E-state index in [1.807, 2.05) is 48.3 Å². The Morgan fingerprint density at radius 3 is 2.64 bits per heavy atom. The zero-order valence-electron chi connectivity index (χ0n) is 14.6. The summed E-state index contributed by atoms with van der Waals surface area (Å²) in [6, 6.07) is 16.4. The highest BCUT2D eigenvalue weighted by Crippen LogP contribution is 2.45. The van der Waals surface area contributed by atoms with Crippen LogP contribution in [-0.4, -0.2) is 16.9 Å². The van der Waals surface area contributed by atoms with Gasteiger partial charge in [-0.2, -0.15) is 5.10 Å². The van der Waals surface area contributed by atoms with Crippen LogP contribution in [0, 0.1) is 0 Å². The van der Waals surface area contributed by atoms with Crippen LogP contribution in [-0.2, 0) is 13.7 Å². The fourth-order valence-electron chi connectivity index (χ4n) is 3.10. The fourth-order valence-corrected chi connectivity index (χ4v) is 3.10. The first-order valence-corrected chi connectivity index (χ1v) is 8.63. The lowest BCUT2D eigenvalue weighted by Crippen LogP contribution is -2.01. The molecule has 1 saturated carbocycles. The van der Waals surface area contributed by atoms with Crippen LogP contribution in [0.3, 0.4) is 0 Å². The lowest BCUT2D eigenvalue weighted by atomic mass is 10.0. The number of para-hydroxylation sites is 1. The minimum absolute atomic E-state index is 0.507. The molecule has 0 amide bonds. The average Bonchev–Trinajstić information content (AvgIpc) is 3.41. The standard InChI is InChI=1S/C21H22N2O2/c1-23-12-11-19(22-23)16-9-10-21(18(13-16)15-7-8-15)25-14-17-5-3-4-6-20(17)24-2/h3-6,9-13,15H,7-8,14H2,1-2H3. The van der Waals surface area contributed by atoms with Gasteiger partial charge in [0.05, 0.1) is 12.8 Å². The fraction of sp³-hybridized carbons (Fsp3) is 0.286. The van der Waals surface area contributed by atoms with Crippen molar-refractivity contribution in [2.45, 2.75) is 25.4 Å². The summed E-state index contributed by atoms with van der Waals surface area (Å²) in [6.45, 7) is 0.507. The predicted molar refractivity (Wildman–Crippen MR) is 97.9 cm³/mol. The molecule has 0 unspecified atom stereocenters. The Morgan fingerprint density at radius 1 is 1.08 bits per heavy atom. The van der Waals surface area contributed by atoms with Crippen molar-refractivity contribution < 1.29 is 9.47 Å². The third-order valence-electron chi connectivity index (χ3n) is 4.61. The molecule has 0 saturated heterocycles. The second kappa shape index (κ2) is 6.63. The molecular formula is C21H22N2O2. The minimum Gasteiger partial charge on any atom is -0.496 e. The lowest BCUT2D eigenvalue weighted by Gasteiger charge is -2.14. The molecule has 0 aliphatic heterocycles. The normalized spacial score (nSPS) is 13.7. The van der Waals surface area contributed by atoms with Gasteiger partial charge in [-0.25, -0.2) is 0 Å². The molecule has 1 fully saturated rings. The summed E-state index contributed by atoms with van der Waals surface area (Å²) in [5.74, 6) is 2.44. The smallest absolute Gasteiger partial charge is 0.125 e. The number of methoxy groups -OCH3 is 1. The van der Waals surface area contributed by atoms with E-state index in [4.69, 9.17) is 9.47 Å². The zero-order chi connectivity index (χ0) is 17.2. The second-order valence-electron chi connectivity index (χ2n) is 6.50. The van der Waals surface area contributed by atoms with Crippen LogP contribution in [0.15, 0.2) is 54.7 Å². The Kier molecular flexibility index (Phi) is 4.18. The maximum absolute atomic E-state index is 6.16. The summed E-state index contributed by atoms with van der Waals surface area (Å²) < 4.78 is 13.4. The van der Waals surface area contributed by atoms with E-state index in [2.05, 4.69) is 23.3 Å².